The van der Waals surface area contributed by atoms with Gasteiger partial charge >= 0.3 is 0 Å². The van der Waals surface area contributed by atoms with Gasteiger partial charge in [0.25, 0.3) is 0 Å². The normalized spacial score (nSPS) is 15.9. The molecule has 1 fully saturated rings. The summed E-state index contributed by atoms with van der Waals surface area (Å²) in [7, 11) is 1.66. The first kappa shape index (κ1) is 19.7. The lowest BCUT2D eigenvalue weighted by atomic mass is 9.90. The van der Waals surface area contributed by atoms with Gasteiger partial charge in [-0.25, -0.2) is 0 Å². The molecule has 2 heterocycles. The van der Waals surface area contributed by atoms with Crippen LogP contribution >= 0.6 is 23.7 Å². The van der Waals surface area contributed by atoms with E-state index in [0.717, 1.165) is 21.1 Å². The van der Waals surface area contributed by atoms with Gasteiger partial charge in [-0.1, -0.05) is 0 Å². The molecule has 1 aromatic heterocycles. The number of nitrogens with one attached hydrogen (secondary N) is 1. The summed E-state index contributed by atoms with van der Waals surface area (Å²) in [6.07, 6.45) is 1.14. The van der Waals surface area contributed by atoms with E-state index in [-0.39, 0.29) is 18.3 Å². The summed E-state index contributed by atoms with van der Waals surface area (Å²) in [5, 5.41) is 2.96. The molecule has 3 rings (SSSR count). The third-order valence-electron chi connectivity index (χ3n) is 4.30. The zero-order valence-corrected chi connectivity index (χ0v) is 15.8. The molecule has 7 heteroatoms. The Morgan fingerprint density at radius 2 is 1.92 bits per heavy atom. The van der Waals surface area contributed by atoms with Crippen LogP contribution in [0.25, 0.3) is 10.4 Å². The van der Waals surface area contributed by atoms with Crippen LogP contribution in [0.15, 0.2) is 36.4 Å². The van der Waals surface area contributed by atoms with Crippen molar-refractivity contribution in [2.45, 2.75) is 24.9 Å². The number of carbonyl (C=O) groups is 1. The Morgan fingerprint density at radius 3 is 2.56 bits per heavy atom. The van der Waals surface area contributed by atoms with Crippen LogP contribution in [0.5, 0.6) is 5.75 Å². The third-order valence-corrected chi connectivity index (χ3v) is 5.43. The lowest BCUT2D eigenvalue weighted by Gasteiger charge is -2.31. The smallest absolute Gasteiger partial charge is 0.240 e. The Hall–Kier alpha value is -1.60. The highest BCUT2D eigenvalue weighted by Crippen LogP contribution is 2.29. The zero-order valence-electron chi connectivity index (χ0n) is 14.1. The number of methoxy groups -OCH3 is 1. The molecule has 1 aliphatic rings. The van der Waals surface area contributed by atoms with E-state index in [0.29, 0.717) is 32.6 Å². The van der Waals surface area contributed by atoms with Gasteiger partial charge in [-0.05, 0) is 54.8 Å². The van der Waals surface area contributed by atoms with Crippen molar-refractivity contribution in [3.8, 4) is 16.2 Å². The number of hydrogen-bond acceptors (Lipinski definition) is 5. The first-order valence-electron chi connectivity index (χ1n) is 7.99. The quantitative estimate of drug-likeness (QED) is 0.833. The second-order valence-corrected chi connectivity index (χ2v) is 7.11. The number of rotatable bonds is 5. The first-order chi connectivity index (χ1) is 11.6. The van der Waals surface area contributed by atoms with Gasteiger partial charge in [0.2, 0.25) is 5.91 Å². The summed E-state index contributed by atoms with van der Waals surface area (Å²) in [5.41, 5.74) is 6.53. The second kappa shape index (κ2) is 8.67. The maximum atomic E-state index is 12.3. The summed E-state index contributed by atoms with van der Waals surface area (Å²) in [6.45, 7) is 1.59. The topological polar surface area (TPSA) is 73.6 Å². The van der Waals surface area contributed by atoms with E-state index >= 15 is 0 Å². The molecule has 136 valence electrons. The Balaban J connectivity index is 0.00000225. The minimum Gasteiger partial charge on any atom is -0.497 e. The minimum atomic E-state index is -0.797. The number of nitrogens with two attached hydrogens (primary N) is 1. The van der Waals surface area contributed by atoms with Crippen molar-refractivity contribution in [1.82, 2.24) is 5.32 Å². The molecule has 2 aromatic rings. The van der Waals surface area contributed by atoms with E-state index in [1.807, 2.05) is 30.3 Å². The Labute approximate surface area is 157 Å². The van der Waals surface area contributed by atoms with E-state index in [2.05, 4.69) is 11.4 Å². The lowest BCUT2D eigenvalue weighted by Crippen LogP contribution is -2.56. The molecule has 0 saturated carbocycles. The van der Waals surface area contributed by atoms with Crippen LogP contribution in [0.2, 0.25) is 0 Å². The van der Waals surface area contributed by atoms with Crippen molar-refractivity contribution in [2.24, 2.45) is 5.73 Å². The average molecular weight is 383 g/mol. The average Bonchev–Trinajstić information content (AvgIpc) is 3.09. The highest BCUT2D eigenvalue weighted by atomic mass is 35.5. The third kappa shape index (κ3) is 4.73. The molecule has 1 aromatic carbocycles. The van der Waals surface area contributed by atoms with Crippen molar-refractivity contribution in [3.63, 3.8) is 0 Å². The fraction of sp³-hybridized carbons (Fsp3) is 0.389. The Morgan fingerprint density at radius 1 is 1.24 bits per heavy atom. The highest BCUT2D eigenvalue weighted by Gasteiger charge is 2.35. The number of ether oxygens (including phenoxy) is 2. The van der Waals surface area contributed by atoms with E-state index in [1.54, 1.807) is 18.4 Å². The fourth-order valence-electron chi connectivity index (χ4n) is 2.69. The number of thiophene rings is 1. The second-order valence-electron chi connectivity index (χ2n) is 5.95. The maximum absolute atomic E-state index is 12.3. The van der Waals surface area contributed by atoms with Crippen molar-refractivity contribution in [3.05, 3.63) is 41.3 Å². The monoisotopic (exact) mass is 382 g/mol. The number of amides is 1. The molecular formula is C18H23ClN2O3S. The van der Waals surface area contributed by atoms with Crippen molar-refractivity contribution >= 4 is 29.7 Å². The van der Waals surface area contributed by atoms with E-state index in [4.69, 9.17) is 15.2 Å². The Kier molecular flexibility index (Phi) is 6.84. The van der Waals surface area contributed by atoms with E-state index in [1.165, 1.54) is 0 Å². The van der Waals surface area contributed by atoms with Crippen LogP contribution in [-0.4, -0.2) is 31.8 Å². The van der Waals surface area contributed by atoms with Crippen molar-refractivity contribution in [2.75, 3.05) is 20.3 Å². The Bertz CT molecular complexity index is 697. The predicted molar refractivity (Wildman–Crippen MR) is 102 cm³/mol. The van der Waals surface area contributed by atoms with Gasteiger partial charge in [0, 0.05) is 23.0 Å². The van der Waals surface area contributed by atoms with Gasteiger partial charge in [-0.3, -0.25) is 4.79 Å². The summed E-state index contributed by atoms with van der Waals surface area (Å²) >= 11 is 1.67. The van der Waals surface area contributed by atoms with Crippen LogP contribution in [0.1, 0.15) is 17.7 Å². The number of halogens is 1. The van der Waals surface area contributed by atoms with Crippen LogP contribution in [-0.2, 0) is 16.1 Å². The lowest BCUT2D eigenvalue weighted by molar-refractivity contribution is -0.129. The highest BCUT2D eigenvalue weighted by molar-refractivity contribution is 7.15. The first-order valence-corrected chi connectivity index (χ1v) is 8.80. The molecule has 0 aliphatic carbocycles. The standard InChI is InChI=1S/C18H22N2O3S.ClH/c1-22-14-4-2-13(3-5-14)16-7-6-15(24-16)12-20-17(21)18(19)8-10-23-11-9-18;/h2-7H,8-12,19H2,1H3,(H,20,21);1H. The summed E-state index contributed by atoms with van der Waals surface area (Å²) in [5.74, 6) is 0.748. The summed E-state index contributed by atoms with van der Waals surface area (Å²) in [4.78, 5) is 14.6. The van der Waals surface area contributed by atoms with Crippen LogP contribution in [0.3, 0.4) is 0 Å². The molecule has 1 aliphatic heterocycles. The van der Waals surface area contributed by atoms with Crippen LogP contribution < -0.4 is 15.8 Å². The largest absolute Gasteiger partial charge is 0.497 e. The van der Waals surface area contributed by atoms with Gasteiger partial charge in [0.15, 0.2) is 0 Å². The van der Waals surface area contributed by atoms with Crippen LogP contribution in [0.4, 0.5) is 0 Å². The summed E-state index contributed by atoms with van der Waals surface area (Å²) in [6, 6.07) is 12.1. The molecule has 0 atom stereocenters. The molecule has 0 spiro atoms. The minimum absolute atomic E-state index is 0. The molecular weight excluding hydrogens is 360 g/mol. The van der Waals surface area contributed by atoms with Crippen LogP contribution in [0, 0.1) is 0 Å². The molecule has 25 heavy (non-hydrogen) atoms. The molecule has 1 amide bonds. The fourth-order valence-corrected chi connectivity index (χ4v) is 3.64. The molecule has 3 N–H and O–H groups in total. The van der Waals surface area contributed by atoms with Gasteiger partial charge in [-0.2, -0.15) is 0 Å². The number of hydrogen-bond donors (Lipinski definition) is 2. The molecule has 5 nitrogen and oxygen atoms in total. The SMILES string of the molecule is COc1ccc(-c2ccc(CNC(=O)C3(N)CCOCC3)s2)cc1.Cl. The molecule has 0 radical (unpaired) electrons. The van der Waals surface area contributed by atoms with E-state index in [9.17, 15) is 4.79 Å². The molecule has 0 bridgehead atoms. The predicted octanol–water partition coefficient (Wildman–Crippen LogP) is 2.97. The van der Waals surface area contributed by atoms with Gasteiger partial charge < -0.3 is 20.5 Å². The summed E-state index contributed by atoms with van der Waals surface area (Å²) < 4.78 is 10.5. The van der Waals surface area contributed by atoms with Crippen molar-refractivity contribution in [1.29, 1.82) is 0 Å². The van der Waals surface area contributed by atoms with Gasteiger partial charge in [-0.15, -0.1) is 23.7 Å². The molecule has 0 unspecified atom stereocenters. The number of carbonyl (C=O) groups excluding carboxylic acids is 1. The van der Waals surface area contributed by atoms with Crippen molar-refractivity contribution < 1.29 is 14.3 Å². The maximum Gasteiger partial charge on any atom is 0.240 e. The van der Waals surface area contributed by atoms with E-state index < -0.39 is 5.54 Å². The number of benzene rings is 1. The van der Waals surface area contributed by atoms with Gasteiger partial charge in [0.05, 0.1) is 19.2 Å². The van der Waals surface area contributed by atoms with Gasteiger partial charge in [0.1, 0.15) is 5.75 Å². The zero-order chi connectivity index (χ0) is 17.0. The molecule has 1 saturated heterocycles.